The van der Waals surface area contributed by atoms with E-state index in [-0.39, 0.29) is 23.4 Å². The molecule has 0 aliphatic carbocycles. The molecule has 3 aromatic rings. The van der Waals surface area contributed by atoms with Gasteiger partial charge in [0.25, 0.3) is 5.91 Å². The van der Waals surface area contributed by atoms with Crippen molar-refractivity contribution in [1.29, 1.82) is 0 Å². The number of benzene rings is 2. The first kappa shape index (κ1) is 24.0. The third-order valence-corrected chi connectivity index (χ3v) is 4.92. The first-order valence-corrected chi connectivity index (χ1v) is 9.67. The van der Waals surface area contributed by atoms with Crippen molar-refractivity contribution in [2.24, 2.45) is 7.05 Å². The molecule has 0 bridgehead atoms. The molecule has 11 heteroatoms. The largest absolute Gasteiger partial charge is 0.478 e. The van der Waals surface area contributed by atoms with Crippen molar-refractivity contribution in [3.63, 3.8) is 0 Å². The van der Waals surface area contributed by atoms with Crippen molar-refractivity contribution in [3.05, 3.63) is 93.5 Å². The maximum Gasteiger partial charge on any atom is 0.433 e. The van der Waals surface area contributed by atoms with Gasteiger partial charge in [-0.1, -0.05) is 36.4 Å². The van der Waals surface area contributed by atoms with Gasteiger partial charge >= 0.3 is 12.1 Å². The van der Waals surface area contributed by atoms with Gasteiger partial charge in [-0.2, -0.15) is 18.3 Å². The molecule has 0 spiro atoms. The highest BCUT2D eigenvalue weighted by Gasteiger charge is 2.41. The maximum absolute atomic E-state index is 14.0. The summed E-state index contributed by atoms with van der Waals surface area (Å²) in [6.45, 7) is 3.56. The van der Waals surface area contributed by atoms with E-state index in [4.69, 9.17) is 16.7 Å². The van der Waals surface area contributed by atoms with Crippen molar-refractivity contribution >= 4 is 29.2 Å². The summed E-state index contributed by atoms with van der Waals surface area (Å²) in [6, 6.07) is 9.32. The summed E-state index contributed by atoms with van der Waals surface area (Å²) in [5, 5.41) is 15.4. The van der Waals surface area contributed by atoms with Gasteiger partial charge in [0.2, 0.25) is 0 Å². The summed E-state index contributed by atoms with van der Waals surface area (Å²) in [5.74, 6) is -3.74. The van der Waals surface area contributed by atoms with Crippen LogP contribution in [0.2, 0.25) is 5.02 Å². The normalized spacial score (nSPS) is 11.3. The van der Waals surface area contributed by atoms with E-state index in [1.165, 1.54) is 12.1 Å². The van der Waals surface area contributed by atoms with Crippen molar-refractivity contribution in [2.75, 3.05) is 0 Å². The van der Waals surface area contributed by atoms with Crippen LogP contribution in [0.15, 0.2) is 49.0 Å². The van der Waals surface area contributed by atoms with Gasteiger partial charge in [0.05, 0.1) is 16.8 Å². The number of aromatic carboxylic acids is 1. The zero-order chi connectivity index (χ0) is 24.5. The number of alkyl halides is 3. The number of hydrogen-bond acceptors (Lipinski definition) is 3. The lowest BCUT2D eigenvalue weighted by Crippen LogP contribution is -2.26. The number of nitrogens with zero attached hydrogens (tertiary/aromatic N) is 2. The number of rotatable bonds is 6. The monoisotopic (exact) mass is 481 g/mol. The fourth-order valence-corrected chi connectivity index (χ4v) is 3.47. The lowest BCUT2D eigenvalue weighted by molar-refractivity contribution is -0.144. The van der Waals surface area contributed by atoms with Gasteiger partial charge in [-0.15, -0.1) is 0 Å². The van der Waals surface area contributed by atoms with Crippen LogP contribution in [-0.4, -0.2) is 26.8 Å². The molecule has 0 atom stereocenters. The molecule has 0 fully saturated rings. The third-order valence-electron chi connectivity index (χ3n) is 4.69. The van der Waals surface area contributed by atoms with Crippen LogP contribution in [0.5, 0.6) is 0 Å². The number of halogens is 5. The average Bonchev–Trinajstić information content (AvgIpc) is 3.03. The smallest absolute Gasteiger partial charge is 0.433 e. The molecule has 172 valence electrons. The van der Waals surface area contributed by atoms with Gasteiger partial charge in [0, 0.05) is 29.8 Å². The van der Waals surface area contributed by atoms with E-state index < -0.39 is 40.7 Å². The molecule has 1 amide bonds. The highest BCUT2D eigenvalue weighted by atomic mass is 35.5. The molecule has 0 saturated carbocycles. The summed E-state index contributed by atoms with van der Waals surface area (Å²) >= 11 is 5.94. The fourth-order valence-electron chi connectivity index (χ4n) is 3.26. The second-order valence-corrected chi connectivity index (χ2v) is 7.47. The Morgan fingerprint density at radius 3 is 2.48 bits per heavy atom. The van der Waals surface area contributed by atoms with Crippen LogP contribution < -0.4 is 5.32 Å². The Bertz CT molecular complexity index is 1270. The highest BCUT2D eigenvalue weighted by Crippen LogP contribution is 2.34. The van der Waals surface area contributed by atoms with E-state index in [0.29, 0.717) is 15.3 Å². The molecule has 0 aliphatic rings. The van der Waals surface area contributed by atoms with Crippen molar-refractivity contribution in [2.45, 2.75) is 12.6 Å². The quantitative estimate of drug-likeness (QED) is 0.489. The molecule has 0 radical (unpaired) electrons. The Morgan fingerprint density at radius 1 is 1.21 bits per heavy atom. The first-order valence-electron chi connectivity index (χ1n) is 9.29. The van der Waals surface area contributed by atoms with Crippen molar-refractivity contribution in [3.8, 4) is 0 Å². The predicted octanol–water partition coefficient (Wildman–Crippen LogP) is 4.92. The van der Waals surface area contributed by atoms with Gasteiger partial charge in [0.15, 0.2) is 5.69 Å². The zero-order valence-electron chi connectivity index (χ0n) is 17.0. The van der Waals surface area contributed by atoms with Gasteiger partial charge in [0.1, 0.15) is 5.82 Å². The molecular formula is C22H16ClF4N3O3. The van der Waals surface area contributed by atoms with Crippen LogP contribution >= 0.6 is 11.6 Å². The second kappa shape index (κ2) is 9.07. The molecular weight excluding hydrogens is 466 g/mol. The number of nitrogens with one attached hydrogen (secondary N) is 1. The van der Waals surface area contributed by atoms with Gasteiger partial charge in [-0.25, -0.2) is 9.18 Å². The zero-order valence-corrected chi connectivity index (χ0v) is 17.8. The molecule has 0 saturated heterocycles. The summed E-state index contributed by atoms with van der Waals surface area (Å²) in [7, 11) is 1.07. The first-order chi connectivity index (χ1) is 15.4. The van der Waals surface area contributed by atoms with E-state index in [1.807, 2.05) is 0 Å². The summed E-state index contributed by atoms with van der Waals surface area (Å²) < 4.78 is 55.7. The molecule has 33 heavy (non-hydrogen) atoms. The minimum atomic E-state index is -4.89. The minimum Gasteiger partial charge on any atom is -0.478 e. The van der Waals surface area contributed by atoms with Gasteiger partial charge in [-0.3, -0.25) is 9.48 Å². The third kappa shape index (κ3) is 5.23. The Morgan fingerprint density at radius 2 is 1.91 bits per heavy atom. The van der Waals surface area contributed by atoms with E-state index in [0.717, 1.165) is 19.2 Å². The molecule has 0 aliphatic heterocycles. The Balaban J connectivity index is 1.98. The highest BCUT2D eigenvalue weighted by molar-refractivity contribution is 6.30. The molecule has 2 aromatic carbocycles. The summed E-state index contributed by atoms with van der Waals surface area (Å²) in [6.07, 6.45) is -5.00. The van der Waals surface area contributed by atoms with Gasteiger partial charge in [-0.05, 0) is 29.8 Å². The topological polar surface area (TPSA) is 84.2 Å². The number of carboxylic acids is 1. The number of aromatic nitrogens is 2. The molecule has 1 aromatic heterocycles. The second-order valence-electron chi connectivity index (χ2n) is 7.03. The van der Waals surface area contributed by atoms with Crippen molar-refractivity contribution in [1.82, 2.24) is 15.1 Å². The minimum absolute atomic E-state index is 0.0142. The van der Waals surface area contributed by atoms with E-state index in [1.54, 1.807) is 18.2 Å². The fraction of sp³-hybridized carbons (Fsp3) is 0.136. The van der Waals surface area contributed by atoms with Crippen LogP contribution in [-0.2, 0) is 19.6 Å². The number of carboxylic acid groups (broad SMARTS) is 1. The summed E-state index contributed by atoms with van der Waals surface area (Å²) in [4.78, 5) is 23.9. The standard InChI is InChI=1S/C22H16ClF4N3O3/c1-11(13-6-7-15(21(32)33)16(24)10-13)28-20(31)18-17(9-12-4-3-5-14(23)8-12)29-30(2)19(18)22(25,26)27/h3-8,10H,1,9H2,2H3,(H,28,31)(H,32,33). The lowest BCUT2D eigenvalue weighted by atomic mass is 10.0. The van der Waals surface area contributed by atoms with Crippen LogP contribution in [0.1, 0.15) is 43.2 Å². The molecule has 3 rings (SSSR count). The number of carbonyl (C=O) groups is 2. The van der Waals surface area contributed by atoms with Crippen LogP contribution in [0.4, 0.5) is 17.6 Å². The Hall–Kier alpha value is -3.66. The number of carbonyl (C=O) groups excluding carboxylic acids is 1. The van der Waals surface area contributed by atoms with Gasteiger partial charge < -0.3 is 10.4 Å². The number of amides is 1. The van der Waals surface area contributed by atoms with Crippen LogP contribution in [0.3, 0.4) is 0 Å². The SMILES string of the molecule is C=C(NC(=O)c1c(Cc2cccc(Cl)c2)nn(C)c1C(F)(F)F)c1ccc(C(=O)O)c(F)c1. The van der Waals surface area contributed by atoms with E-state index in [9.17, 15) is 27.2 Å². The Kier molecular flexibility index (Phi) is 6.59. The summed E-state index contributed by atoms with van der Waals surface area (Å²) in [5.41, 5.74) is -2.43. The van der Waals surface area contributed by atoms with Crippen molar-refractivity contribution < 1.29 is 32.3 Å². The average molecular weight is 482 g/mol. The lowest BCUT2D eigenvalue weighted by Gasteiger charge is -2.13. The predicted molar refractivity (Wildman–Crippen MR) is 112 cm³/mol. The van der Waals surface area contributed by atoms with Crippen LogP contribution in [0.25, 0.3) is 5.70 Å². The Labute approximate surface area is 190 Å². The van der Waals surface area contributed by atoms with E-state index >= 15 is 0 Å². The molecule has 1 heterocycles. The van der Waals surface area contributed by atoms with E-state index in [2.05, 4.69) is 17.0 Å². The molecule has 0 unspecified atom stereocenters. The number of hydrogen-bond donors (Lipinski definition) is 2. The number of aryl methyl sites for hydroxylation is 1. The van der Waals surface area contributed by atoms with Crippen LogP contribution in [0, 0.1) is 5.82 Å². The molecule has 2 N–H and O–H groups in total. The molecule has 6 nitrogen and oxygen atoms in total. The maximum atomic E-state index is 14.0.